The molecule has 0 bridgehead atoms. The molecule has 7 heteroatoms. The zero-order valence-corrected chi connectivity index (χ0v) is 12.7. The Morgan fingerprint density at radius 1 is 1.21 bits per heavy atom. The molecular formula is C12H23NO5S. The van der Waals surface area contributed by atoms with Gasteiger partial charge in [-0.3, -0.25) is 0 Å². The largest absolute Gasteiger partial charge is 0.462 e. The van der Waals surface area contributed by atoms with Crippen molar-refractivity contribution < 1.29 is 22.2 Å². The van der Waals surface area contributed by atoms with Crippen molar-refractivity contribution in [3.8, 4) is 0 Å². The van der Waals surface area contributed by atoms with Crippen molar-refractivity contribution in [3.63, 3.8) is 0 Å². The summed E-state index contributed by atoms with van der Waals surface area (Å²) < 4.78 is 32.9. The molecule has 0 aliphatic rings. The van der Waals surface area contributed by atoms with Crippen molar-refractivity contribution in [2.75, 3.05) is 25.4 Å². The van der Waals surface area contributed by atoms with Crippen LogP contribution in [0, 0.1) is 0 Å². The molecule has 0 aliphatic carbocycles. The predicted molar refractivity (Wildman–Crippen MR) is 72.8 cm³/mol. The topological polar surface area (TPSA) is 72.9 Å². The molecule has 0 atom stereocenters. The number of rotatable bonds is 10. The van der Waals surface area contributed by atoms with E-state index in [1.54, 1.807) is 6.92 Å². The lowest BCUT2D eigenvalue weighted by atomic mass is 10.3. The van der Waals surface area contributed by atoms with Gasteiger partial charge in [0, 0.05) is 18.7 Å². The normalized spacial score (nSPS) is 11.6. The summed E-state index contributed by atoms with van der Waals surface area (Å²) in [5, 5.41) is 1.37. The maximum Gasteiger partial charge on any atom is 0.333 e. The Balaban J connectivity index is 3.87. The molecule has 0 radical (unpaired) electrons. The first-order chi connectivity index (χ1) is 8.82. The molecule has 0 aliphatic heterocycles. The monoisotopic (exact) mass is 293 g/mol. The summed E-state index contributed by atoms with van der Waals surface area (Å²) in [4.78, 5) is 11.1. The number of hydrogen-bond acceptors (Lipinski definition) is 6. The number of carbonyl (C=O) groups excluding carboxylic acids is 1. The maximum absolute atomic E-state index is 11.6. The van der Waals surface area contributed by atoms with Crippen LogP contribution in [0.5, 0.6) is 0 Å². The molecule has 0 aromatic heterocycles. The fourth-order valence-corrected chi connectivity index (χ4v) is 2.36. The summed E-state index contributed by atoms with van der Waals surface area (Å²) in [6, 6.07) is 0. The van der Waals surface area contributed by atoms with E-state index < -0.39 is 16.1 Å². The van der Waals surface area contributed by atoms with Crippen LogP contribution in [0.2, 0.25) is 0 Å². The third-order valence-electron chi connectivity index (χ3n) is 2.29. The Hall–Kier alpha value is -0.920. The second-order valence-electron chi connectivity index (χ2n) is 4.07. The summed E-state index contributed by atoms with van der Waals surface area (Å²) in [6.45, 7) is 9.84. The predicted octanol–water partition coefficient (Wildman–Crippen LogP) is 1.49. The van der Waals surface area contributed by atoms with Gasteiger partial charge in [0.05, 0.1) is 12.4 Å². The lowest BCUT2D eigenvalue weighted by Gasteiger charge is -2.16. The van der Waals surface area contributed by atoms with Crippen LogP contribution in [0.15, 0.2) is 12.2 Å². The van der Waals surface area contributed by atoms with Crippen molar-refractivity contribution in [2.24, 2.45) is 0 Å². The molecule has 6 nitrogen and oxygen atoms in total. The Kier molecular flexibility index (Phi) is 8.62. The average molecular weight is 293 g/mol. The van der Waals surface area contributed by atoms with Gasteiger partial charge in [-0.15, -0.1) is 0 Å². The molecule has 0 N–H and O–H groups in total. The van der Waals surface area contributed by atoms with Crippen molar-refractivity contribution in [3.05, 3.63) is 12.2 Å². The minimum atomic E-state index is -3.55. The lowest BCUT2D eigenvalue weighted by molar-refractivity contribution is -0.139. The van der Waals surface area contributed by atoms with Gasteiger partial charge in [0.25, 0.3) is 10.1 Å². The molecule has 0 saturated heterocycles. The molecule has 0 rings (SSSR count). The Morgan fingerprint density at radius 3 is 2.26 bits per heavy atom. The first-order valence-corrected chi connectivity index (χ1v) is 7.90. The summed E-state index contributed by atoms with van der Waals surface area (Å²) >= 11 is 0. The molecular weight excluding hydrogens is 270 g/mol. The number of esters is 1. The SMILES string of the molecule is C=C(C)C(=O)OCCCCS(=O)(=O)ON(CC)CC. The van der Waals surface area contributed by atoms with E-state index >= 15 is 0 Å². The summed E-state index contributed by atoms with van der Waals surface area (Å²) in [6.07, 6.45) is 0.854. The number of carbonyl (C=O) groups is 1. The third-order valence-corrected chi connectivity index (χ3v) is 3.52. The highest BCUT2D eigenvalue weighted by atomic mass is 32.2. The van der Waals surface area contributed by atoms with E-state index in [4.69, 9.17) is 9.02 Å². The van der Waals surface area contributed by atoms with Gasteiger partial charge in [-0.05, 0) is 19.8 Å². The fourth-order valence-electron chi connectivity index (χ4n) is 1.20. The van der Waals surface area contributed by atoms with Crippen molar-refractivity contribution in [1.29, 1.82) is 0 Å². The third kappa shape index (κ3) is 8.74. The molecule has 0 heterocycles. The van der Waals surface area contributed by atoms with Gasteiger partial charge in [-0.2, -0.15) is 17.8 Å². The number of hydrogen-bond donors (Lipinski definition) is 0. The van der Waals surface area contributed by atoms with E-state index in [9.17, 15) is 13.2 Å². The summed E-state index contributed by atoms with van der Waals surface area (Å²) in [5.41, 5.74) is 0.331. The van der Waals surface area contributed by atoms with Gasteiger partial charge in [0.1, 0.15) is 0 Å². The first-order valence-electron chi connectivity index (χ1n) is 6.32. The molecule has 0 aromatic rings. The highest BCUT2D eigenvalue weighted by Gasteiger charge is 2.15. The van der Waals surface area contributed by atoms with Crippen molar-refractivity contribution in [1.82, 2.24) is 5.06 Å². The smallest absolute Gasteiger partial charge is 0.333 e. The van der Waals surface area contributed by atoms with Crippen LogP contribution in [0.4, 0.5) is 0 Å². The zero-order chi connectivity index (χ0) is 14.9. The van der Waals surface area contributed by atoms with E-state index in [2.05, 4.69) is 6.58 Å². The van der Waals surface area contributed by atoms with Gasteiger partial charge in [0.2, 0.25) is 0 Å². The molecule has 112 valence electrons. The number of hydroxylamine groups is 2. The molecule has 0 unspecified atom stereocenters. The Bertz CT molecular complexity index is 387. The van der Waals surface area contributed by atoms with Crippen LogP contribution in [0.3, 0.4) is 0 Å². The second-order valence-corrected chi connectivity index (χ2v) is 5.75. The molecule has 0 fully saturated rings. The van der Waals surface area contributed by atoms with Crippen LogP contribution in [-0.2, 0) is 23.9 Å². The van der Waals surface area contributed by atoms with E-state index in [0.717, 1.165) is 0 Å². The van der Waals surface area contributed by atoms with Crippen LogP contribution in [0.1, 0.15) is 33.6 Å². The van der Waals surface area contributed by atoms with E-state index in [0.29, 0.717) is 31.5 Å². The fraction of sp³-hybridized carbons (Fsp3) is 0.750. The van der Waals surface area contributed by atoms with Gasteiger partial charge in [0.15, 0.2) is 0 Å². The highest BCUT2D eigenvalue weighted by Crippen LogP contribution is 2.04. The first kappa shape index (κ1) is 18.1. The number of ether oxygens (including phenoxy) is 1. The van der Waals surface area contributed by atoms with E-state index in [1.807, 2.05) is 13.8 Å². The quantitative estimate of drug-likeness (QED) is 0.263. The number of unbranched alkanes of at least 4 members (excludes halogenated alkanes) is 1. The molecule has 0 saturated carbocycles. The zero-order valence-electron chi connectivity index (χ0n) is 11.8. The van der Waals surface area contributed by atoms with Crippen molar-refractivity contribution >= 4 is 16.1 Å². The van der Waals surface area contributed by atoms with Gasteiger partial charge >= 0.3 is 5.97 Å². The van der Waals surface area contributed by atoms with Crippen LogP contribution in [0.25, 0.3) is 0 Å². The Labute approximate surface area is 115 Å². The molecule has 0 amide bonds. The number of nitrogens with zero attached hydrogens (tertiary/aromatic N) is 1. The summed E-state index contributed by atoms with van der Waals surface area (Å²) in [7, 11) is -3.55. The van der Waals surface area contributed by atoms with Crippen molar-refractivity contribution in [2.45, 2.75) is 33.6 Å². The molecule has 0 spiro atoms. The van der Waals surface area contributed by atoms with Gasteiger partial charge in [-0.25, -0.2) is 4.79 Å². The van der Waals surface area contributed by atoms with Crippen LogP contribution in [-0.4, -0.2) is 44.9 Å². The lowest BCUT2D eigenvalue weighted by Crippen LogP contribution is -2.28. The standard InChI is InChI=1S/C12H23NO5S/c1-5-13(6-2)18-19(15,16)10-8-7-9-17-12(14)11(3)4/h3,5-10H2,1-2,4H3. The maximum atomic E-state index is 11.6. The minimum absolute atomic E-state index is 0.0892. The minimum Gasteiger partial charge on any atom is -0.462 e. The second kappa shape index (κ2) is 9.06. The van der Waals surface area contributed by atoms with E-state index in [-0.39, 0.29) is 12.4 Å². The summed E-state index contributed by atoms with van der Waals surface area (Å²) in [5.74, 6) is -0.545. The molecule has 0 aromatic carbocycles. The highest BCUT2D eigenvalue weighted by molar-refractivity contribution is 7.86. The Morgan fingerprint density at radius 2 is 1.79 bits per heavy atom. The van der Waals surface area contributed by atoms with Crippen LogP contribution < -0.4 is 0 Å². The average Bonchev–Trinajstić information content (AvgIpc) is 2.35. The van der Waals surface area contributed by atoms with Gasteiger partial charge < -0.3 is 4.74 Å². The molecule has 19 heavy (non-hydrogen) atoms. The van der Waals surface area contributed by atoms with Gasteiger partial charge in [-0.1, -0.05) is 20.4 Å². The van der Waals surface area contributed by atoms with Crippen LogP contribution >= 0.6 is 0 Å². The van der Waals surface area contributed by atoms with E-state index in [1.165, 1.54) is 5.06 Å².